The Morgan fingerprint density at radius 2 is 2.12 bits per heavy atom. The Bertz CT molecular complexity index is 524. The van der Waals surface area contributed by atoms with Crippen LogP contribution in [0.4, 0.5) is 0 Å². The SMILES string of the molecule is COc1nccnc1C(=O)c1csc(C)n1. The molecule has 0 aliphatic heterocycles. The number of aryl methyl sites for hydroxylation is 1. The molecule has 2 aromatic heterocycles. The van der Waals surface area contributed by atoms with E-state index in [0.717, 1.165) is 5.01 Å². The summed E-state index contributed by atoms with van der Waals surface area (Å²) in [5.74, 6) is -0.0487. The monoisotopic (exact) mass is 235 g/mol. The maximum atomic E-state index is 12.0. The van der Waals surface area contributed by atoms with Crippen molar-refractivity contribution in [2.75, 3.05) is 7.11 Å². The molecule has 0 atom stereocenters. The third-order valence-corrected chi connectivity index (χ3v) is 2.70. The Morgan fingerprint density at radius 3 is 2.75 bits per heavy atom. The maximum absolute atomic E-state index is 12.0. The van der Waals surface area contributed by atoms with Gasteiger partial charge in [-0.3, -0.25) is 4.79 Å². The van der Waals surface area contributed by atoms with E-state index in [1.807, 2.05) is 6.92 Å². The van der Waals surface area contributed by atoms with Gasteiger partial charge in [-0.05, 0) is 6.92 Å². The first-order valence-corrected chi connectivity index (χ1v) is 5.42. The number of hydrogen-bond acceptors (Lipinski definition) is 6. The molecule has 0 aliphatic carbocycles. The summed E-state index contributed by atoms with van der Waals surface area (Å²) < 4.78 is 4.98. The molecule has 0 amide bonds. The number of nitrogens with zero attached hydrogens (tertiary/aromatic N) is 3. The van der Waals surface area contributed by atoms with Gasteiger partial charge in [0.05, 0.1) is 12.1 Å². The zero-order chi connectivity index (χ0) is 11.5. The lowest BCUT2D eigenvalue weighted by molar-refractivity contribution is 0.102. The lowest BCUT2D eigenvalue weighted by atomic mass is 10.2. The van der Waals surface area contributed by atoms with Crippen LogP contribution in [0.3, 0.4) is 0 Å². The van der Waals surface area contributed by atoms with Crippen molar-refractivity contribution in [2.24, 2.45) is 0 Å². The van der Waals surface area contributed by atoms with Crippen LogP contribution in [0.5, 0.6) is 5.88 Å². The Balaban J connectivity index is 2.41. The zero-order valence-electron chi connectivity index (χ0n) is 8.80. The van der Waals surface area contributed by atoms with E-state index >= 15 is 0 Å². The molecule has 0 spiro atoms. The minimum Gasteiger partial charge on any atom is -0.479 e. The quantitative estimate of drug-likeness (QED) is 0.754. The van der Waals surface area contributed by atoms with Gasteiger partial charge >= 0.3 is 0 Å². The molecule has 0 saturated heterocycles. The van der Waals surface area contributed by atoms with Crippen LogP contribution in [0.25, 0.3) is 0 Å². The lowest BCUT2D eigenvalue weighted by Crippen LogP contribution is -2.08. The van der Waals surface area contributed by atoms with E-state index < -0.39 is 0 Å². The van der Waals surface area contributed by atoms with Gasteiger partial charge in [0.15, 0.2) is 5.69 Å². The summed E-state index contributed by atoms with van der Waals surface area (Å²) in [5.41, 5.74) is 0.566. The predicted octanol–water partition coefficient (Wildman–Crippen LogP) is 1.48. The molecule has 0 fully saturated rings. The normalized spacial score (nSPS) is 10.1. The number of carbonyl (C=O) groups is 1. The van der Waals surface area contributed by atoms with Crippen LogP contribution in [0, 0.1) is 6.92 Å². The second kappa shape index (κ2) is 4.36. The molecule has 2 rings (SSSR count). The summed E-state index contributed by atoms with van der Waals surface area (Å²) in [6.07, 6.45) is 2.93. The first-order chi connectivity index (χ1) is 7.72. The lowest BCUT2D eigenvalue weighted by Gasteiger charge is -2.02. The molecule has 0 bridgehead atoms. The molecule has 82 valence electrons. The van der Waals surface area contributed by atoms with Crippen molar-refractivity contribution in [3.63, 3.8) is 0 Å². The zero-order valence-corrected chi connectivity index (χ0v) is 9.61. The molecule has 0 saturated carbocycles. The summed E-state index contributed by atoms with van der Waals surface area (Å²) in [4.78, 5) is 24.0. The highest BCUT2D eigenvalue weighted by molar-refractivity contribution is 7.09. The molecule has 16 heavy (non-hydrogen) atoms. The fraction of sp³-hybridized carbons (Fsp3) is 0.200. The van der Waals surface area contributed by atoms with Crippen LogP contribution in [0.1, 0.15) is 21.2 Å². The standard InChI is InChI=1S/C10H9N3O2S/c1-6-13-7(5-16-6)9(14)8-10(15-2)12-4-3-11-8/h3-5H,1-2H3. The number of hydrogen-bond donors (Lipinski definition) is 0. The molecule has 2 heterocycles. The fourth-order valence-corrected chi connectivity index (χ4v) is 1.81. The van der Waals surface area contributed by atoms with Gasteiger partial charge < -0.3 is 4.74 Å². The van der Waals surface area contributed by atoms with Crippen molar-refractivity contribution >= 4 is 17.1 Å². The van der Waals surface area contributed by atoms with Gasteiger partial charge in [0.25, 0.3) is 0 Å². The molecule has 6 heteroatoms. The topological polar surface area (TPSA) is 65.0 Å². The average Bonchev–Trinajstić information content (AvgIpc) is 2.75. The molecule has 5 nitrogen and oxygen atoms in total. The summed E-state index contributed by atoms with van der Waals surface area (Å²) in [5, 5.41) is 2.54. The Labute approximate surface area is 96.2 Å². The Hall–Kier alpha value is -1.82. The average molecular weight is 235 g/mol. The first-order valence-electron chi connectivity index (χ1n) is 4.54. The highest BCUT2D eigenvalue weighted by atomic mass is 32.1. The maximum Gasteiger partial charge on any atom is 0.243 e. The number of thiazole rings is 1. The van der Waals surface area contributed by atoms with Crippen LogP contribution in [0.15, 0.2) is 17.8 Å². The number of ketones is 1. The van der Waals surface area contributed by atoms with Gasteiger partial charge in [-0.25, -0.2) is 15.0 Å². The van der Waals surface area contributed by atoms with Crippen LogP contribution >= 0.6 is 11.3 Å². The van der Waals surface area contributed by atoms with Gasteiger partial charge in [-0.15, -0.1) is 11.3 Å². The minimum atomic E-state index is -0.269. The number of ether oxygens (including phenoxy) is 1. The number of aromatic nitrogens is 3. The second-order valence-corrected chi connectivity index (χ2v) is 4.06. The highest BCUT2D eigenvalue weighted by Gasteiger charge is 2.18. The number of carbonyl (C=O) groups excluding carboxylic acids is 1. The molecular formula is C10H9N3O2S. The van der Waals surface area contributed by atoms with Crippen molar-refractivity contribution in [2.45, 2.75) is 6.92 Å². The highest BCUT2D eigenvalue weighted by Crippen LogP contribution is 2.17. The molecule has 0 radical (unpaired) electrons. The fourth-order valence-electron chi connectivity index (χ4n) is 1.22. The van der Waals surface area contributed by atoms with Crippen LogP contribution in [0.2, 0.25) is 0 Å². The van der Waals surface area contributed by atoms with Crippen LogP contribution in [-0.4, -0.2) is 27.8 Å². The number of methoxy groups -OCH3 is 1. The van der Waals surface area contributed by atoms with E-state index in [-0.39, 0.29) is 17.4 Å². The summed E-state index contributed by atoms with van der Waals surface area (Å²) in [6.45, 7) is 1.84. The van der Waals surface area contributed by atoms with Crippen LogP contribution < -0.4 is 4.74 Å². The van der Waals surface area contributed by atoms with Gasteiger partial charge in [0, 0.05) is 17.8 Å². The molecule has 0 aromatic carbocycles. The predicted molar refractivity (Wildman–Crippen MR) is 58.9 cm³/mol. The van der Waals surface area contributed by atoms with Gasteiger partial charge in [0.1, 0.15) is 5.69 Å². The number of rotatable bonds is 3. The van der Waals surface area contributed by atoms with Gasteiger partial charge in [0.2, 0.25) is 11.7 Å². The van der Waals surface area contributed by atoms with Crippen molar-refractivity contribution in [3.05, 3.63) is 34.2 Å². The van der Waals surface area contributed by atoms with Gasteiger partial charge in [-0.1, -0.05) is 0 Å². The van der Waals surface area contributed by atoms with E-state index in [9.17, 15) is 4.79 Å². The largest absolute Gasteiger partial charge is 0.479 e. The minimum absolute atomic E-state index is 0.190. The molecule has 2 aromatic rings. The molecule has 0 unspecified atom stereocenters. The molecular weight excluding hydrogens is 226 g/mol. The third-order valence-electron chi connectivity index (χ3n) is 1.92. The smallest absolute Gasteiger partial charge is 0.243 e. The van der Waals surface area contributed by atoms with Crippen molar-refractivity contribution in [3.8, 4) is 5.88 Å². The van der Waals surface area contributed by atoms with Crippen molar-refractivity contribution < 1.29 is 9.53 Å². The Kier molecular flexibility index (Phi) is 2.91. The summed E-state index contributed by atoms with van der Waals surface area (Å²) in [6, 6.07) is 0. The van der Waals surface area contributed by atoms with E-state index in [4.69, 9.17) is 4.74 Å². The molecule has 0 N–H and O–H groups in total. The van der Waals surface area contributed by atoms with Crippen molar-refractivity contribution in [1.82, 2.24) is 15.0 Å². The second-order valence-electron chi connectivity index (χ2n) is 3.00. The van der Waals surface area contributed by atoms with Crippen LogP contribution in [-0.2, 0) is 0 Å². The van der Waals surface area contributed by atoms with E-state index in [2.05, 4.69) is 15.0 Å². The van der Waals surface area contributed by atoms with Crippen molar-refractivity contribution in [1.29, 1.82) is 0 Å². The summed E-state index contributed by atoms with van der Waals surface area (Å²) in [7, 11) is 1.45. The van der Waals surface area contributed by atoms with E-state index in [1.165, 1.54) is 30.8 Å². The summed E-state index contributed by atoms with van der Waals surface area (Å²) >= 11 is 1.42. The van der Waals surface area contributed by atoms with E-state index in [1.54, 1.807) is 5.38 Å². The Morgan fingerprint density at radius 1 is 1.38 bits per heavy atom. The van der Waals surface area contributed by atoms with E-state index in [0.29, 0.717) is 5.69 Å². The first kappa shape index (κ1) is 10.7. The third kappa shape index (κ3) is 1.92. The van der Waals surface area contributed by atoms with Gasteiger partial charge in [-0.2, -0.15) is 0 Å². The molecule has 0 aliphatic rings.